The minimum Gasteiger partial charge on any atom is -0.546 e. The summed E-state index contributed by atoms with van der Waals surface area (Å²) >= 11 is 0. The van der Waals surface area contributed by atoms with Gasteiger partial charge in [0, 0.05) is 0 Å². The molecule has 0 bridgehead atoms. The van der Waals surface area contributed by atoms with Gasteiger partial charge >= 0.3 is 8.41 Å². The molecular weight excluding hydrogens is 443 g/mol. The van der Waals surface area contributed by atoms with Crippen LogP contribution in [0.1, 0.15) is 22.3 Å². The molecule has 7 heteroatoms. The fraction of sp³-hybridized carbons (Fsp3) is 0.0714. The Labute approximate surface area is 205 Å². The maximum Gasteiger partial charge on any atom is 2.00 e. The fourth-order valence-corrected chi connectivity index (χ4v) is 3.52. The number of benzene rings is 4. The van der Waals surface area contributed by atoms with Crippen LogP contribution in [0.3, 0.4) is 0 Å². The minimum absolute atomic E-state index is 0. The molecule has 0 saturated carbocycles. The number of carbonyl (C=O) groups excluding carboxylic acids is 2. The van der Waals surface area contributed by atoms with Gasteiger partial charge in [0.25, 0.3) is 0 Å². The van der Waals surface area contributed by atoms with Crippen LogP contribution in [0.4, 0.5) is 0 Å². The summed E-state index contributed by atoms with van der Waals surface area (Å²) in [7, 11) is 0. The van der Waals surface area contributed by atoms with Crippen molar-refractivity contribution >= 4 is 20.4 Å². The molecule has 2 N–H and O–H groups in total. The number of carboxylic acids is 2. The van der Waals surface area contributed by atoms with E-state index >= 15 is 0 Å². The molecule has 173 valence electrons. The number of hydrogen-bond donors (Lipinski definition) is 2. The molecule has 4 rings (SSSR count). The summed E-state index contributed by atoms with van der Waals surface area (Å²) in [5.41, 5.74) is -3.08. The Balaban J connectivity index is 0.000000240. The first-order chi connectivity index (χ1) is 16.3. The van der Waals surface area contributed by atoms with E-state index in [9.17, 15) is 30.0 Å². The Kier molecular flexibility index (Phi) is 9.11. The van der Waals surface area contributed by atoms with Crippen LogP contribution in [0.15, 0.2) is 121 Å². The van der Waals surface area contributed by atoms with E-state index in [0.717, 1.165) is 0 Å². The number of aliphatic hydroxyl groups is 2. The van der Waals surface area contributed by atoms with Crippen molar-refractivity contribution in [2.24, 2.45) is 0 Å². The SMILES string of the molecule is O=C([O-])C(O)(c1ccccc1)c1ccccc1.O=C([O-])C(O)(c1ccccc1)c1ccccc1.[B+2]. The van der Waals surface area contributed by atoms with Gasteiger partial charge in [-0.2, -0.15) is 0 Å². The summed E-state index contributed by atoms with van der Waals surface area (Å²) in [6.07, 6.45) is 0. The molecule has 0 fully saturated rings. The molecular formula is C28H22BO6. The van der Waals surface area contributed by atoms with Gasteiger partial charge in [0.2, 0.25) is 0 Å². The molecule has 0 aliphatic carbocycles. The van der Waals surface area contributed by atoms with E-state index in [2.05, 4.69) is 0 Å². The van der Waals surface area contributed by atoms with Crippen LogP contribution in [0.5, 0.6) is 0 Å². The molecule has 0 atom stereocenters. The summed E-state index contributed by atoms with van der Waals surface area (Å²) in [5, 5.41) is 43.3. The Hall–Kier alpha value is -4.20. The first-order valence-corrected chi connectivity index (χ1v) is 10.4. The van der Waals surface area contributed by atoms with Crippen LogP contribution in [0.2, 0.25) is 0 Å². The monoisotopic (exact) mass is 465 g/mol. The van der Waals surface area contributed by atoms with Crippen molar-refractivity contribution in [3.63, 3.8) is 0 Å². The number of carbonyl (C=O) groups is 2. The van der Waals surface area contributed by atoms with Crippen LogP contribution in [-0.2, 0) is 20.8 Å². The van der Waals surface area contributed by atoms with Gasteiger partial charge in [0.05, 0.1) is 11.9 Å². The molecule has 0 saturated heterocycles. The van der Waals surface area contributed by atoms with E-state index in [1.807, 2.05) is 0 Å². The average molecular weight is 465 g/mol. The van der Waals surface area contributed by atoms with Crippen LogP contribution in [-0.4, -0.2) is 30.6 Å². The average Bonchev–Trinajstić information content (AvgIpc) is 2.90. The quantitative estimate of drug-likeness (QED) is 0.410. The van der Waals surface area contributed by atoms with E-state index in [1.165, 1.54) is 0 Å². The van der Waals surface area contributed by atoms with Gasteiger partial charge in [-0.25, -0.2) is 0 Å². The first-order valence-electron chi connectivity index (χ1n) is 10.4. The van der Waals surface area contributed by atoms with Gasteiger partial charge < -0.3 is 30.0 Å². The zero-order valence-corrected chi connectivity index (χ0v) is 18.7. The van der Waals surface area contributed by atoms with Crippen LogP contribution in [0, 0.1) is 0 Å². The van der Waals surface area contributed by atoms with E-state index in [-0.39, 0.29) is 30.7 Å². The molecule has 1 radical (unpaired) electrons. The van der Waals surface area contributed by atoms with Crippen molar-refractivity contribution in [2.45, 2.75) is 11.2 Å². The van der Waals surface area contributed by atoms with Crippen LogP contribution >= 0.6 is 0 Å². The predicted octanol–water partition coefficient (Wildman–Crippen LogP) is 0.964. The molecule has 35 heavy (non-hydrogen) atoms. The van der Waals surface area contributed by atoms with Gasteiger partial charge in [-0.05, 0) is 22.3 Å². The zero-order valence-electron chi connectivity index (χ0n) is 18.7. The summed E-state index contributed by atoms with van der Waals surface area (Å²) < 4.78 is 0. The Morgan fingerprint density at radius 3 is 0.771 bits per heavy atom. The van der Waals surface area contributed by atoms with E-state index in [0.29, 0.717) is 0 Å². The van der Waals surface area contributed by atoms with E-state index in [1.54, 1.807) is 121 Å². The number of rotatable bonds is 6. The van der Waals surface area contributed by atoms with Gasteiger partial charge in [-0.3, -0.25) is 0 Å². The summed E-state index contributed by atoms with van der Waals surface area (Å²) in [4.78, 5) is 22.5. The smallest absolute Gasteiger partial charge is 0.546 e. The fourth-order valence-electron chi connectivity index (χ4n) is 3.52. The third-order valence-electron chi connectivity index (χ3n) is 5.36. The van der Waals surface area contributed by atoms with Gasteiger partial charge in [0.15, 0.2) is 11.2 Å². The molecule has 6 nitrogen and oxygen atoms in total. The molecule has 0 aliphatic heterocycles. The molecule has 4 aromatic rings. The van der Waals surface area contributed by atoms with Crippen molar-refractivity contribution in [1.82, 2.24) is 0 Å². The third-order valence-corrected chi connectivity index (χ3v) is 5.36. The maximum atomic E-state index is 11.3. The Morgan fingerprint density at radius 2 is 0.629 bits per heavy atom. The first kappa shape index (κ1) is 27.1. The molecule has 0 heterocycles. The van der Waals surface area contributed by atoms with Crippen molar-refractivity contribution in [3.05, 3.63) is 144 Å². The normalized spacial score (nSPS) is 10.8. The van der Waals surface area contributed by atoms with Crippen molar-refractivity contribution in [2.75, 3.05) is 0 Å². The maximum absolute atomic E-state index is 11.3. The number of aliphatic carboxylic acids is 2. The van der Waals surface area contributed by atoms with Gasteiger partial charge in [-0.15, -0.1) is 0 Å². The largest absolute Gasteiger partial charge is 2.00 e. The zero-order chi connectivity index (χ0) is 24.6. The summed E-state index contributed by atoms with van der Waals surface area (Å²) in [6, 6.07) is 32.9. The second kappa shape index (κ2) is 11.8. The van der Waals surface area contributed by atoms with Gasteiger partial charge in [0.1, 0.15) is 0 Å². The van der Waals surface area contributed by atoms with Crippen molar-refractivity contribution in [3.8, 4) is 0 Å². The summed E-state index contributed by atoms with van der Waals surface area (Å²) in [6.45, 7) is 0. The van der Waals surface area contributed by atoms with Crippen molar-refractivity contribution < 1.29 is 30.0 Å². The molecule has 0 spiro atoms. The molecule has 0 unspecified atom stereocenters. The predicted molar refractivity (Wildman–Crippen MR) is 128 cm³/mol. The number of carboxylic acid groups (broad SMARTS) is 2. The van der Waals surface area contributed by atoms with Gasteiger partial charge in [-0.1, -0.05) is 121 Å². The molecule has 0 aliphatic rings. The number of hydrogen-bond acceptors (Lipinski definition) is 6. The Bertz CT molecular complexity index is 1040. The van der Waals surface area contributed by atoms with Crippen molar-refractivity contribution in [1.29, 1.82) is 0 Å². The standard InChI is InChI=1S/2C14H12O3.B/c2*15-13(16)14(17,11-7-3-1-4-8-11)12-9-5-2-6-10-12;/h2*1-10,17H,(H,15,16);/q;;+2/p-2. The van der Waals surface area contributed by atoms with Crippen LogP contribution in [0.25, 0.3) is 0 Å². The molecule has 0 aromatic heterocycles. The minimum atomic E-state index is -2.11. The van der Waals surface area contributed by atoms with E-state index < -0.39 is 23.1 Å². The molecule has 4 aromatic carbocycles. The van der Waals surface area contributed by atoms with Crippen LogP contribution < -0.4 is 10.2 Å². The molecule has 0 amide bonds. The second-order valence-electron chi connectivity index (χ2n) is 7.46. The summed E-state index contributed by atoms with van der Waals surface area (Å²) in [5.74, 6) is -3.06. The topological polar surface area (TPSA) is 121 Å². The third kappa shape index (κ3) is 5.66. The Morgan fingerprint density at radius 1 is 0.457 bits per heavy atom. The van der Waals surface area contributed by atoms with E-state index in [4.69, 9.17) is 0 Å². The second-order valence-corrected chi connectivity index (χ2v) is 7.46.